The smallest absolute Gasteiger partial charge is 0.335 e. The molecule has 1 aliphatic rings. The predicted octanol–water partition coefficient (Wildman–Crippen LogP) is 1.81. The number of carboxylic acids is 1. The van der Waals surface area contributed by atoms with Gasteiger partial charge in [0.25, 0.3) is 0 Å². The van der Waals surface area contributed by atoms with Crippen LogP contribution in [-0.4, -0.2) is 22.8 Å². The zero-order chi connectivity index (χ0) is 9.19. The summed E-state index contributed by atoms with van der Waals surface area (Å²) in [5, 5.41) is 8.88. The highest BCUT2D eigenvalue weighted by Gasteiger charge is 2.36. The summed E-state index contributed by atoms with van der Waals surface area (Å²) < 4.78 is 5.48. The van der Waals surface area contributed by atoms with E-state index < -0.39 is 11.6 Å². The summed E-state index contributed by atoms with van der Waals surface area (Å²) >= 11 is 0. The maximum Gasteiger partial charge on any atom is 0.335 e. The van der Waals surface area contributed by atoms with Crippen molar-refractivity contribution < 1.29 is 14.6 Å². The van der Waals surface area contributed by atoms with Crippen LogP contribution in [0.4, 0.5) is 0 Å². The molecular weight excluding hydrogens is 156 g/mol. The monoisotopic (exact) mass is 172 g/mol. The lowest BCUT2D eigenvalue weighted by Crippen LogP contribution is -2.42. The highest BCUT2D eigenvalue weighted by Crippen LogP contribution is 2.28. The van der Waals surface area contributed by atoms with Gasteiger partial charge in [0, 0.05) is 0 Å². The van der Waals surface area contributed by atoms with Gasteiger partial charge in [0.2, 0.25) is 0 Å². The normalized spacial score (nSPS) is 22.8. The zero-order valence-electron chi connectivity index (χ0n) is 7.67. The molecule has 0 spiro atoms. The Labute approximate surface area is 72.7 Å². The van der Waals surface area contributed by atoms with E-state index in [2.05, 4.69) is 0 Å². The van der Waals surface area contributed by atoms with Crippen LogP contribution < -0.4 is 0 Å². The van der Waals surface area contributed by atoms with E-state index in [1.807, 2.05) is 6.92 Å². The second kappa shape index (κ2) is 3.44. The van der Waals surface area contributed by atoms with Crippen LogP contribution in [0.1, 0.15) is 39.5 Å². The molecule has 1 aliphatic carbocycles. The summed E-state index contributed by atoms with van der Waals surface area (Å²) in [7, 11) is 0. The van der Waals surface area contributed by atoms with Gasteiger partial charge < -0.3 is 9.84 Å². The van der Waals surface area contributed by atoms with E-state index in [9.17, 15) is 4.79 Å². The molecule has 12 heavy (non-hydrogen) atoms. The SMILES string of the molecule is CCC(C)(OC1CCC1)C(=O)O. The summed E-state index contributed by atoms with van der Waals surface area (Å²) in [6, 6.07) is 0. The van der Waals surface area contributed by atoms with Crippen molar-refractivity contribution in [3.8, 4) is 0 Å². The molecule has 0 radical (unpaired) electrons. The molecule has 1 unspecified atom stereocenters. The highest BCUT2D eigenvalue weighted by atomic mass is 16.5. The van der Waals surface area contributed by atoms with Crippen molar-refractivity contribution in [1.29, 1.82) is 0 Å². The van der Waals surface area contributed by atoms with Crippen LogP contribution in [0.3, 0.4) is 0 Å². The number of ether oxygens (including phenoxy) is 1. The number of hydrogen-bond donors (Lipinski definition) is 1. The van der Waals surface area contributed by atoms with Gasteiger partial charge in [0.15, 0.2) is 5.60 Å². The fraction of sp³-hybridized carbons (Fsp3) is 0.889. The average Bonchev–Trinajstić information content (AvgIpc) is 1.96. The largest absolute Gasteiger partial charge is 0.479 e. The molecule has 1 N–H and O–H groups in total. The summed E-state index contributed by atoms with van der Waals surface area (Å²) in [6.07, 6.45) is 3.92. The van der Waals surface area contributed by atoms with Crippen molar-refractivity contribution in [2.75, 3.05) is 0 Å². The lowest BCUT2D eigenvalue weighted by Gasteiger charge is -2.34. The van der Waals surface area contributed by atoms with Crippen LogP contribution in [0.5, 0.6) is 0 Å². The van der Waals surface area contributed by atoms with Crippen LogP contribution >= 0.6 is 0 Å². The molecule has 70 valence electrons. The van der Waals surface area contributed by atoms with Crippen molar-refractivity contribution in [3.05, 3.63) is 0 Å². The standard InChI is InChI=1S/C9H16O3/c1-3-9(2,8(10)11)12-7-5-4-6-7/h7H,3-6H2,1-2H3,(H,10,11). The van der Waals surface area contributed by atoms with E-state index in [1.54, 1.807) is 6.92 Å². The molecule has 0 amide bonds. The van der Waals surface area contributed by atoms with Crippen molar-refractivity contribution in [2.24, 2.45) is 0 Å². The van der Waals surface area contributed by atoms with E-state index in [0.29, 0.717) is 6.42 Å². The van der Waals surface area contributed by atoms with Crippen molar-refractivity contribution in [2.45, 2.75) is 51.2 Å². The number of rotatable bonds is 4. The number of hydrogen-bond acceptors (Lipinski definition) is 2. The van der Waals surface area contributed by atoms with Gasteiger partial charge in [0.05, 0.1) is 6.10 Å². The Morgan fingerprint density at radius 3 is 2.50 bits per heavy atom. The Hall–Kier alpha value is -0.570. The molecule has 1 rings (SSSR count). The fourth-order valence-corrected chi connectivity index (χ4v) is 1.14. The highest BCUT2D eigenvalue weighted by molar-refractivity contribution is 5.76. The van der Waals surface area contributed by atoms with Crippen molar-refractivity contribution in [3.63, 3.8) is 0 Å². The molecule has 3 nitrogen and oxygen atoms in total. The van der Waals surface area contributed by atoms with Crippen LogP contribution in [0.15, 0.2) is 0 Å². The Balaban J connectivity index is 2.47. The first-order chi connectivity index (χ1) is 5.58. The van der Waals surface area contributed by atoms with E-state index in [1.165, 1.54) is 6.42 Å². The Bertz CT molecular complexity index is 175. The van der Waals surface area contributed by atoms with E-state index >= 15 is 0 Å². The quantitative estimate of drug-likeness (QED) is 0.703. The molecule has 0 aromatic carbocycles. The van der Waals surface area contributed by atoms with Crippen LogP contribution in [0.2, 0.25) is 0 Å². The van der Waals surface area contributed by atoms with Gasteiger partial charge in [-0.15, -0.1) is 0 Å². The van der Waals surface area contributed by atoms with Crippen LogP contribution in [0.25, 0.3) is 0 Å². The number of aliphatic carboxylic acids is 1. The van der Waals surface area contributed by atoms with Crippen molar-refractivity contribution in [1.82, 2.24) is 0 Å². The van der Waals surface area contributed by atoms with Crippen molar-refractivity contribution >= 4 is 5.97 Å². The van der Waals surface area contributed by atoms with E-state index in [0.717, 1.165) is 12.8 Å². The Kier molecular flexibility index (Phi) is 2.73. The summed E-state index contributed by atoms with van der Waals surface area (Å²) in [5.74, 6) is -0.850. The molecule has 0 aliphatic heterocycles. The molecule has 0 aromatic heterocycles. The maximum atomic E-state index is 10.8. The van der Waals surface area contributed by atoms with Crippen LogP contribution in [-0.2, 0) is 9.53 Å². The molecule has 0 bridgehead atoms. The summed E-state index contributed by atoms with van der Waals surface area (Å²) in [6.45, 7) is 3.49. The summed E-state index contributed by atoms with van der Waals surface area (Å²) in [5.41, 5.74) is -0.967. The first kappa shape index (κ1) is 9.52. The van der Waals surface area contributed by atoms with Crippen LogP contribution in [0, 0.1) is 0 Å². The molecular formula is C9H16O3. The van der Waals surface area contributed by atoms with Gasteiger partial charge >= 0.3 is 5.97 Å². The second-order valence-corrected chi connectivity index (χ2v) is 3.56. The molecule has 1 saturated carbocycles. The van der Waals surface area contributed by atoms with Gasteiger partial charge in [-0.2, -0.15) is 0 Å². The lowest BCUT2D eigenvalue weighted by atomic mass is 9.94. The summed E-state index contributed by atoms with van der Waals surface area (Å²) in [4.78, 5) is 10.8. The zero-order valence-corrected chi connectivity index (χ0v) is 7.67. The first-order valence-electron chi connectivity index (χ1n) is 4.49. The number of carboxylic acid groups (broad SMARTS) is 1. The molecule has 0 saturated heterocycles. The minimum atomic E-state index is -0.967. The maximum absolute atomic E-state index is 10.8. The first-order valence-corrected chi connectivity index (χ1v) is 4.49. The third-order valence-electron chi connectivity index (χ3n) is 2.61. The van der Waals surface area contributed by atoms with Gasteiger partial charge in [-0.1, -0.05) is 6.92 Å². The third-order valence-corrected chi connectivity index (χ3v) is 2.61. The Morgan fingerprint density at radius 2 is 2.25 bits per heavy atom. The Morgan fingerprint density at radius 1 is 1.67 bits per heavy atom. The van der Waals surface area contributed by atoms with E-state index in [4.69, 9.17) is 9.84 Å². The molecule has 1 atom stereocenters. The van der Waals surface area contributed by atoms with E-state index in [-0.39, 0.29) is 6.10 Å². The molecule has 0 heterocycles. The van der Waals surface area contributed by atoms with Gasteiger partial charge in [-0.05, 0) is 32.6 Å². The lowest BCUT2D eigenvalue weighted by molar-refractivity contribution is -0.177. The fourth-order valence-electron chi connectivity index (χ4n) is 1.14. The van der Waals surface area contributed by atoms with Gasteiger partial charge in [0.1, 0.15) is 0 Å². The average molecular weight is 172 g/mol. The minimum Gasteiger partial charge on any atom is -0.479 e. The predicted molar refractivity (Wildman–Crippen MR) is 45.1 cm³/mol. The second-order valence-electron chi connectivity index (χ2n) is 3.56. The third kappa shape index (κ3) is 1.78. The minimum absolute atomic E-state index is 0.186. The molecule has 1 fully saturated rings. The van der Waals surface area contributed by atoms with Gasteiger partial charge in [-0.25, -0.2) is 4.79 Å². The van der Waals surface area contributed by atoms with Gasteiger partial charge in [-0.3, -0.25) is 0 Å². The topological polar surface area (TPSA) is 46.5 Å². The molecule has 3 heteroatoms. The molecule has 0 aromatic rings. The number of carbonyl (C=O) groups is 1.